The molecule has 7 nitrogen and oxygen atoms in total. The van der Waals surface area contributed by atoms with Crippen molar-refractivity contribution in [2.75, 3.05) is 0 Å². The van der Waals surface area contributed by atoms with Gasteiger partial charge >= 0.3 is 0 Å². The van der Waals surface area contributed by atoms with Crippen molar-refractivity contribution in [2.24, 2.45) is 0 Å². The summed E-state index contributed by atoms with van der Waals surface area (Å²) in [6.07, 6.45) is 0.170. The third-order valence-electron chi connectivity index (χ3n) is 5.07. The Labute approximate surface area is 174 Å². The van der Waals surface area contributed by atoms with Crippen LogP contribution in [0.25, 0.3) is 16.6 Å². The fourth-order valence-corrected chi connectivity index (χ4v) is 3.55. The van der Waals surface area contributed by atoms with Gasteiger partial charge in [-0.15, -0.1) is 0 Å². The molecule has 0 aliphatic rings. The molecule has 7 heteroatoms. The second kappa shape index (κ2) is 8.32. The van der Waals surface area contributed by atoms with E-state index in [1.807, 2.05) is 74.5 Å². The van der Waals surface area contributed by atoms with Crippen LogP contribution in [0, 0.1) is 13.8 Å². The van der Waals surface area contributed by atoms with Crippen LogP contribution in [-0.2, 0) is 17.9 Å². The van der Waals surface area contributed by atoms with Gasteiger partial charge in [-0.25, -0.2) is 9.36 Å². The number of benzene rings is 2. The van der Waals surface area contributed by atoms with Crippen molar-refractivity contribution in [3.63, 3.8) is 0 Å². The molecule has 0 aliphatic carbocycles. The lowest BCUT2D eigenvalue weighted by molar-refractivity contribution is -0.121. The lowest BCUT2D eigenvalue weighted by Crippen LogP contribution is -2.29. The first-order chi connectivity index (χ1) is 14.5. The Morgan fingerprint density at radius 3 is 2.33 bits per heavy atom. The Balaban J connectivity index is 1.54. The number of para-hydroxylation sites is 1. The molecule has 0 saturated carbocycles. The van der Waals surface area contributed by atoms with Gasteiger partial charge in [0.1, 0.15) is 0 Å². The van der Waals surface area contributed by atoms with Crippen molar-refractivity contribution in [1.29, 1.82) is 0 Å². The van der Waals surface area contributed by atoms with Crippen molar-refractivity contribution < 1.29 is 4.79 Å². The van der Waals surface area contributed by atoms with E-state index in [1.54, 1.807) is 4.68 Å². The van der Waals surface area contributed by atoms with Crippen LogP contribution in [0.4, 0.5) is 0 Å². The van der Waals surface area contributed by atoms with Gasteiger partial charge in [-0.1, -0.05) is 48.5 Å². The second-order valence-electron chi connectivity index (χ2n) is 7.18. The number of rotatable bonds is 6. The molecule has 2 aromatic heterocycles. The Morgan fingerprint density at radius 1 is 0.967 bits per heavy atom. The van der Waals surface area contributed by atoms with Crippen molar-refractivity contribution in [3.8, 4) is 5.69 Å². The summed E-state index contributed by atoms with van der Waals surface area (Å²) in [5.74, 6) is -0.128. The molecule has 0 bridgehead atoms. The quantitative estimate of drug-likeness (QED) is 0.539. The van der Waals surface area contributed by atoms with Gasteiger partial charge in [0.25, 0.3) is 5.56 Å². The lowest BCUT2D eigenvalue weighted by Gasteiger charge is -2.08. The molecule has 4 aromatic rings. The van der Waals surface area contributed by atoms with E-state index in [2.05, 4.69) is 15.5 Å². The number of hydrogen-bond donors (Lipinski definition) is 1. The first kappa shape index (κ1) is 19.6. The van der Waals surface area contributed by atoms with Gasteiger partial charge in [-0.05, 0) is 31.5 Å². The van der Waals surface area contributed by atoms with Crippen LogP contribution in [0.5, 0.6) is 0 Å². The fraction of sp³-hybridized carbons (Fsp3) is 0.217. The first-order valence-electron chi connectivity index (χ1n) is 9.87. The largest absolute Gasteiger partial charge is 0.352 e. The highest BCUT2D eigenvalue weighted by atomic mass is 16.2. The zero-order valence-corrected chi connectivity index (χ0v) is 17.0. The Kier molecular flexibility index (Phi) is 5.43. The number of aromatic nitrogens is 4. The van der Waals surface area contributed by atoms with E-state index in [4.69, 9.17) is 0 Å². The Hall–Kier alpha value is -3.74. The molecule has 0 fully saturated rings. The van der Waals surface area contributed by atoms with Gasteiger partial charge in [-0.2, -0.15) is 10.2 Å². The minimum absolute atomic E-state index is 0.128. The standard InChI is InChI=1S/C23H23N5O2/c1-16-21-17(2)28(19-11-7-4-8-12-19)26-22(21)23(30)27(25-16)14-13-20(29)24-15-18-9-5-3-6-10-18/h3-12H,13-15H2,1-2H3,(H,24,29). The van der Waals surface area contributed by atoms with Crippen LogP contribution in [0.15, 0.2) is 65.5 Å². The maximum absolute atomic E-state index is 13.0. The van der Waals surface area contributed by atoms with Crippen molar-refractivity contribution >= 4 is 16.8 Å². The minimum atomic E-state index is -0.288. The van der Waals surface area contributed by atoms with Gasteiger partial charge in [-0.3, -0.25) is 9.59 Å². The summed E-state index contributed by atoms with van der Waals surface area (Å²) in [5, 5.41) is 12.6. The summed E-state index contributed by atoms with van der Waals surface area (Å²) >= 11 is 0. The van der Waals surface area contributed by atoms with Gasteiger partial charge in [0.2, 0.25) is 5.91 Å². The van der Waals surface area contributed by atoms with Crippen LogP contribution in [-0.4, -0.2) is 25.5 Å². The summed E-state index contributed by atoms with van der Waals surface area (Å²) in [6, 6.07) is 19.4. The molecule has 0 radical (unpaired) electrons. The third kappa shape index (κ3) is 3.87. The smallest absolute Gasteiger partial charge is 0.295 e. The third-order valence-corrected chi connectivity index (χ3v) is 5.07. The number of aryl methyl sites for hydroxylation is 3. The van der Waals surface area contributed by atoms with Gasteiger partial charge < -0.3 is 5.32 Å². The van der Waals surface area contributed by atoms with Gasteiger partial charge in [0.15, 0.2) is 5.52 Å². The average Bonchev–Trinajstić information content (AvgIpc) is 3.13. The number of hydrogen-bond acceptors (Lipinski definition) is 4. The number of carbonyl (C=O) groups is 1. The normalized spacial score (nSPS) is 11.0. The number of amides is 1. The molecule has 0 unspecified atom stereocenters. The van der Waals surface area contributed by atoms with Crippen LogP contribution < -0.4 is 10.9 Å². The molecule has 1 amide bonds. The van der Waals surface area contributed by atoms with E-state index in [1.165, 1.54) is 4.68 Å². The number of nitrogens with one attached hydrogen (secondary N) is 1. The zero-order valence-electron chi connectivity index (χ0n) is 17.0. The average molecular weight is 401 g/mol. The molecule has 0 saturated heterocycles. The molecule has 152 valence electrons. The molecule has 2 aromatic carbocycles. The van der Waals surface area contributed by atoms with Gasteiger partial charge in [0, 0.05) is 13.0 Å². The van der Waals surface area contributed by atoms with E-state index in [-0.39, 0.29) is 24.4 Å². The molecule has 1 N–H and O–H groups in total. The highest BCUT2D eigenvalue weighted by molar-refractivity contribution is 5.83. The maximum Gasteiger partial charge on any atom is 0.295 e. The summed E-state index contributed by atoms with van der Waals surface area (Å²) < 4.78 is 3.10. The molecule has 4 rings (SSSR count). The number of fused-ring (bicyclic) bond motifs is 1. The van der Waals surface area contributed by atoms with Crippen LogP contribution in [0.2, 0.25) is 0 Å². The Morgan fingerprint density at radius 2 is 1.63 bits per heavy atom. The van der Waals surface area contributed by atoms with E-state index in [9.17, 15) is 9.59 Å². The topological polar surface area (TPSA) is 81.8 Å². The van der Waals surface area contributed by atoms with Crippen LogP contribution >= 0.6 is 0 Å². The second-order valence-corrected chi connectivity index (χ2v) is 7.18. The summed E-state index contributed by atoms with van der Waals surface area (Å²) in [6.45, 7) is 4.45. The van der Waals surface area contributed by atoms with E-state index < -0.39 is 0 Å². The molecular formula is C23H23N5O2. The Bertz CT molecular complexity index is 1240. The molecule has 30 heavy (non-hydrogen) atoms. The first-order valence-corrected chi connectivity index (χ1v) is 9.87. The van der Waals surface area contributed by atoms with E-state index in [0.29, 0.717) is 17.8 Å². The van der Waals surface area contributed by atoms with Crippen LogP contribution in [0.1, 0.15) is 23.4 Å². The molecule has 0 spiro atoms. The molecular weight excluding hydrogens is 378 g/mol. The highest BCUT2D eigenvalue weighted by Gasteiger charge is 2.17. The zero-order chi connectivity index (χ0) is 21.1. The molecule has 2 heterocycles. The minimum Gasteiger partial charge on any atom is -0.352 e. The molecule has 0 aliphatic heterocycles. The fourth-order valence-electron chi connectivity index (χ4n) is 3.55. The predicted octanol–water partition coefficient (Wildman–Crippen LogP) is 2.91. The summed E-state index contributed by atoms with van der Waals surface area (Å²) in [7, 11) is 0. The maximum atomic E-state index is 13.0. The van der Waals surface area contributed by atoms with Crippen molar-refractivity contribution in [2.45, 2.75) is 33.4 Å². The van der Waals surface area contributed by atoms with E-state index >= 15 is 0 Å². The highest BCUT2D eigenvalue weighted by Crippen LogP contribution is 2.20. The number of carbonyl (C=O) groups excluding carboxylic acids is 1. The van der Waals surface area contributed by atoms with Crippen molar-refractivity contribution in [3.05, 3.63) is 88.0 Å². The van der Waals surface area contributed by atoms with Gasteiger partial charge in [0.05, 0.1) is 29.0 Å². The SMILES string of the molecule is Cc1nn(CCC(=O)NCc2ccccc2)c(=O)c2nn(-c3ccccc3)c(C)c12. The summed E-state index contributed by atoms with van der Waals surface area (Å²) in [5.41, 5.74) is 3.58. The lowest BCUT2D eigenvalue weighted by atomic mass is 10.2. The number of nitrogens with zero attached hydrogens (tertiary/aromatic N) is 4. The van der Waals surface area contributed by atoms with Crippen molar-refractivity contribution in [1.82, 2.24) is 24.9 Å². The van der Waals surface area contributed by atoms with E-state index in [0.717, 1.165) is 22.3 Å². The monoisotopic (exact) mass is 401 g/mol. The van der Waals surface area contributed by atoms with Crippen LogP contribution in [0.3, 0.4) is 0 Å². The molecule has 0 atom stereocenters. The summed E-state index contributed by atoms with van der Waals surface area (Å²) in [4.78, 5) is 25.2. The predicted molar refractivity (Wildman–Crippen MR) is 116 cm³/mol.